The number of nitrogens with zero attached hydrogens (tertiary/aromatic N) is 2. The summed E-state index contributed by atoms with van der Waals surface area (Å²) in [5.74, 6) is 0.678. The molecule has 18 heavy (non-hydrogen) atoms. The summed E-state index contributed by atoms with van der Waals surface area (Å²) in [6.45, 7) is 10.7. The zero-order valence-corrected chi connectivity index (χ0v) is 11.7. The van der Waals surface area contributed by atoms with Crippen molar-refractivity contribution in [2.45, 2.75) is 39.8 Å². The van der Waals surface area contributed by atoms with Crippen molar-refractivity contribution in [3.05, 3.63) is 18.7 Å². The molecule has 1 fully saturated rings. The molecule has 0 radical (unpaired) electrons. The van der Waals surface area contributed by atoms with Crippen LogP contribution >= 0.6 is 0 Å². The SMILES string of the molecule is CC(C)(C)C(Cn1ccnc1)NCC1CCOC1. The van der Waals surface area contributed by atoms with E-state index in [1.54, 1.807) is 0 Å². The Balaban J connectivity index is 1.88. The molecular formula is C14H25N3O. The fraction of sp³-hybridized carbons (Fsp3) is 0.786. The number of hydrogen-bond acceptors (Lipinski definition) is 3. The van der Waals surface area contributed by atoms with E-state index in [0.29, 0.717) is 12.0 Å². The van der Waals surface area contributed by atoms with Crippen LogP contribution in [0.1, 0.15) is 27.2 Å². The molecule has 1 aliphatic heterocycles. The number of rotatable bonds is 5. The maximum Gasteiger partial charge on any atom is 0.0946 e. The van der Waals surface area contributed by atoms with Gasteiger partial charge in [0.25, 0.3) is 0 Å². The predicted molar refractivity (Wildman–Crippen MR) is 72.4 cm³/mol. The van der Waals surface area contributed by atoms with Gasteiger partial charge in [-0.2, -0.15) is 0 Å². The maximum atomic E-state index is 5.43. The summed E-state index contributed by atoms with van der Waals surface area (Å²) in [7, 11) is 0. The van der Waals surface area contributed by atoms with Gasteiger partial charge in [-0.05, 0) is 17.8 Å². The van der Waals surface area contributed by atoms with Crippen LogP contribution in [0.25, 0.3) is 0 Å². The molecule has 0 amide bonds. The quantitative estimate of drug-likeness (QED) is 0.869. The molecule has 1 N–H and O–H groups in total. The van der Waals surface area contributed by atoms with E-state index in [1.165, 1.54) is 6.42 Å². The number of imidazole rings is 1. The summed E-state index contributed by atoms with van der Waals surface area (Å²) in [6.07, 6.45) is 6.94. The molecular weight excluding hydrogens is 226 g/mol. The van der Waals surface area contributed by atoms with Crippen LogP contribution in [-0.2, 0) is 11.3 Å². The van der Waals surface area contributed by atoms with E-state index in [1.807, 2.05) is 18.7 Å². The number of hydrogen-bond donors (Lipinski definition) is 1. The van der Waals surface area contributed by atoms with Gasteiger partial charge in [-0.1, -0.05) is 20.8 Å². The highest BCUT2D eigenvalue weighted by molar-refractivity contribution is 4.85. The van der Waals surface area contributed by atoms with E-state index in [-0.39, 0.29) is 5.41 Å². The van der Waals surface area contributed by atoms with Crippen molar-refractivity contribution in [1.29, 1.82) is 0 Å². The third-order valence-corrected chi connectivity index (χ3v) is 3.67. The fourth-order valence-corrected chi connectivity index (χ4v) is 2.30. The van der Waals surface area contributed by atoms with Gasteiger partial charge in [0.1, 0.15) is 0 Å². The molecule has 0 aliphatic carbocycles. The second-order valence-electron chi connectivity index (χ2n) is 6.32. The topological polar surface area (TPSA) is 39.1 Å². The van der Waals surface area contributed by atoms with E-state index in [2.05, 4.69) is 35.6 Å². The van der Waals surface area contributed by atoms with Crippen LogP contribution in [0, 0.1) is 11.3 Å². The highest BCUT2D eigenvalue weighted by atomic mass is 16.5. The first-order valence-electron chi connectivity index (χ1n) is 6.82. The Morgan fingerprint density at radius 3 is 2.89 bits per heavy atom. The Morgan fingerprint density at radius 2 is 2.33 bits per heavy atom. The first kappa shape index (κ1) is 13.6. The van der Waals surface area contributed by atoms with Gasteiger partial charge in [-0.25, -0.2) is 4.98 Å². The summed E-state index contributed by atoms with van der Waals surface area (Å²) < 4.78 is 7.57. The third-order valence-electron chi connectivity index (χ3n) is 3.67. The average molecular weight is 251 g/mol. The van der Waals surface area contributed by atoms with Crippen molar-refractivity contribution in [3.8, 4) is 0 Å². The Bertz CT molecular complexity index is 336. The molecule has 0 bridgehead atoms. The molecule has 1 aliphatic rings. The van der Waals surface area contributed by atoms with E-state index < -0.39 is 0 Å². The zero-order chi connectivity index (χ0) is 13.0. The molecule has 0 spiro atoms. The molecule has 2 heterocycles. The lowest BCUT2D eigenvalue weighted by atomic mass is 9.86. The average Bonchev–Trinajstić information content (AvgIpc) is 2.95. The van der Waals surface area contributed by atoms with Gasteiger partial charge in [0.2, 0.25) is 0 Å². The molecule has 4 nitrogen and oxygen atoms in total. The van der Waals surface area contributed by atoms with Crippen LogP contribution in [0.4, 0.5) is 0 Å². The predicted octanol–water partition coefficient (Wildman–Crippen LogP) is 1.92. The van der Waals surface area contributed by atoms with Crippen LogP contribution in [0.3, 0.4) is 0 Å². The fourth-order valence-electron chi connectivity index (χ4n) is 2.30. The van der Waals surface area contributed by atoms with Crippen molar-refractivity contribution >= 4 is 0 Å². The van der Waals surface area contributed by atoms with Gasteiger partial charge in [0.05, 0.1) is 12.9 Å². The van der Waals surface area contributed by atoms with Gasteiger partial charge in [-0.15, -0.1) is 0 Å². The van der Waals surface area contributed by atoms with Crippen molar-refractivity contribution < 1.29 is 4.74 Å². The third kappa shape index (κ3) is 3.82. The Kier molecular flexibility index (Phi) is 4.40. The monoisotopic (exact) mass is 251 g/mol. The lowest BCUT2D eigenvalue weighted by Gasteiger charge is -2.32. The second kappa shape index (κ2) is 5.85. The molecule has 2 rings (SSSR count). The molecule has 4 heteroatoms. The van der Waals surface area contributed by atoms with Gasteiger partial charge in [0.15, 0.2) is 0 Å². The maximum absolute atomic E-state index is 5.43. The molecule has 0 aromatic carbocycles. The zero-order valence-electron chi connectivity index (χ0n) is 11.7. The summed E-state index contributed by atoms with van der Waals surface area (Å²) >= 11 is 0. The summed E-state index contributed by atoms with van der Waals surface area (Å²) in [5.41, 5.74) is 0.240. The summed E-state index contributed by atoms with van der Waals surface area (Å²) in [4.78, 5) is 4.11. The summed E-state index contributed by atoms with van der Waals surface area (Å²) in [5, 5.41) is 3.71. The van der Waals surface area contributed by atoms with Crippen molar-refractivity contribution in [3.63, 3.8) is 0 Å². The van der Waals surface area contributed by atoms with Crippen molar-refractivity contribution in [1.82, 2.24) is 14.9 Å². The van der Waals surface area contributed by atoms with E-state index in [4.69, 9.17) is 4.74 Å². The van der Waals surface area contributed by atoms with Crippen LogP contribution in [0.2, 0.25) is 0 Å². The highest BCUT2D eigenvalue weighted by Crippen LogP contribution is 2.21. The van der Waals surface area contributed by atoms with E-state index in [9.17, 15) is 0 Å². The molecule has 2 unspecified atom stereocenters. The van der Waals surface area contributed by atoms with Gasteiger partial charge >= 0.3 is 0 Å². The molecule has 2 atom stereocenters. The Labute approximate surface area is 110 Å². The minimum absolute atomic E-state index is 0.240. The van der Waals surface area contributed by atoms with E-state index in [0.717, 1.165) is 26.3 Å². The minimum Gasteiger partial charge on any atom is -0.381 e. The first-order valence-corrected chi connectivity index (χ1v) is 6.82. The number of ether oxygens (including phenoxy) is 1. The second-order valence-corrected chi connectivity index (χ2v) is 6.32. The standard InChI is InChI=1S/C14H25N3O/c1-14(2,3)13(9-17-6-5-15-11-17)16-8-12-4-7-18-10-12/h5-6,11-13,16H,4,7-10H2,1-3H3. The summed E-state index contributed by atoms with van der Waals surface area (Å²) in [6, 6.07) is 0.451. The normalized spacial score (nSPS) is 22.3. The largest absolute Gasteiger partial charge is 0.381 e. The lowest BCUT2D eigenvalue weighted by Crippen LogP contribution is -2.45. The number of aromatic nitrogens is 2. The smallest absolute Gasteiger partial charge is 0.0946 e. The van der Waals surface area contributed by atoms with Crippen LogP contribution < -0.4 is 5.32 Å². The molecule has 0 saturated carbocycles. The first-order chi connectivity index (χ1) is 8.55. The van der Waals surface area contributed by atoms with Crippen LogP contribution in [0.15, 0.2) is 18.7 Å². The van der Waals surface area contributed by atoms with Crippen molar-refractivity contribution in [2.75, 3.05) is 19.8 Å². The van der Waals surface area contributed by atoms with Gasteiger partial charge in [-0.3, -0.25) is 0 Å². The van der Waals surface area contributed by atoms with Gasteiger partial charge in [0, 0.05) is 38.1 Å². The minimum atomic E-state index is 0.240. The highest BCUT2D eigenvalue weighted by Gasteiger charge is 2.26. The molecule has 102 valence electrons. The molecule has 1 saturated heterocycles. The van der Waals surface area contributed by atoms with Crippen molar-refractivity contribution in [2.24, 2.45) is 11.3 Å². The molecule has 1 aromatic rings. The van der Waals surface area contributed by atoms with Crippen LogP contribution in [0.5, 0.6) is 0 Å². The van der Waals surface area contributed by atoms with Gasteiger partial charge < -0.3 is 14.6 Å². The Hall–Kier alpha value is -0.870. The molecule has 1 aromatic heterocycles. The van der Waals surface area contributed by atoms with E-state index >= 15 is 0 Å². The number of nitrogens with one attached hydrogen (secondary N) is 1. The Morgan fingerprint density at radius 1 is 1.50 bits per heavy atom. The lowest BCUT2D eigenvalue weighted by molar-refractivity contribution is 0.179. The van der Waals surface area contributed by atoms with Crippen LogP contribution in [-0.4, -0.2) is 35.4 Å².